The number of ether oxygens (including phenoxy) is 1. The molecular formula is C24H24N4O2. The molecule has 6 nitrogen and oxygen atoms in total. The summed E-state index contributed by atoms with van der Waals surface area (Å²) in [5, 5.41) is 8.30. The second-order valence-electron chi connectivity index (χ2n) is 7.26. The Labute approximate surface area is 175 Å². The summed E-state index contributed by atoms with van der Waals surface area (Å²) in [5.74, 6) is -0.142. The van der Waals surface area contributed by atoms with E-state index in [0.29, 0.717) is 24.4 Å². The topological polar surface area (TPSA) is 69.0 Å². The second kappa shape index (κ2) is 8.47. The second-order valence-corrected chi connectivity index (χ2v) is 7.26. The highest BCUT2D eigenvalue weighted by Crippen LogP contribution is 2.26. The van der Waals surface area contributed by atoms with Gasteiger partial charge in [-0.15, -0.1) is 0 Å². The van der Waals surface area contributed by atoms with Gasteiger partial charge in [-0.3, -0.25) is 9.48 Å². The van der Waals surface area contributed by atoms with Gasteiger partial charge in [0.1, 0.15) is 0 Å². The molecular weight excluding hydrogens is 376 g/mol. The standard InChI is InChI=1S/C24H24N4O2/c1-16-22-20(24(29)25-14-17-9-11-18(12-10-17)15-30-3)13-21(19-7-5-4-6-8-19)26-23(22)28(2)27-16/h4-13H,14-15H2,1-3H3,(H,25,29). The lowest BCUT2D eigenvalue weighted by Crippen LogP contribution is -2.23. The Morgan fingerprint density at radius 2 is 1.77 bits per heavy atom. The summed E-state index contributed by atoms with van der Waals surface area (Å²) >= 11 is 0. The fraction of sp³-hybridized carbons (Fsp3) is 0.208. The van der Waals surface area contributed by atoms with Gasteiger partial charge in [0.05, 0.1) is 28.9 Å². The maximum atomic E-state index is 13.2. The molecule has 0 saturated carbocycles. The van der Waals surface area contributed by atoms with Gasteiger partial charge in [-0.1, -0.05) is 54.6 Å². The number of aryl methyl sites for hydroxylation is 2. The zero-order valence-electron chi connectivity index (χ0n) is 17.3. The number of pyridine rings is 1. The molecule has 152 valence electrons. The molecule has 1 amide bonds. The highest BCUT2D eigenvalue weighted by molar-refractivity contribution is 6.07. The molecule has 0 saturated heterocycles. The lowest BCUT2D eigenvalue weighted by Gasteiger charge is -2.10. The highest BCUT2D eigenvalue weighted by Gasteiger charge is 2.19. The SMILES string of the molecule is COCc1ccc(CNC(=O)c2cc(-c3ccccc3)nc3c2c(C)nn3C)cc1. The Balaban J connectivity index is 1.65. The minimum Gasteiger partial charge on any atom is -0.380 e. The van der Waals surface area contributed by atoms with Crippen molar-refractivity contribution in [3.63, 3.8) is 0 Å². The number of carbonyl (C=O) groups excluding carboxylic acids is 1. The fourth-order valence-electron chi connectivity index (χ4n) is 3.58. The van der Waals surface area contributed by atoms with E-state index in [-0.39, 0.29) is 5.91 Å². The van der Waals surface area contributed by atoms with Crippen LogP contribution >= 0.6 is 0 Å². The molecule has 4 rings (SSSR count). The van der Waals surface area contributed by atoms with Crippen molar-refractivity contribution in [1.82, 2.24) is 20.1 Å². The molecule has 0 bridgehead atoms. The van der Waals surface area contributed by atoms with Gasteiger partial charge in [-0.25, -0.2) is 4.98 Å². The lowest BCUT2D eigenvalue weighted by atomic mass is 10.0. The van der Waals surface area contributed by atoms with E-state index in [1.54, 1.807) is 11.8 Å². The molecule has 6 heteroatoms. The number of carbonyl (C=O) groups is 1. The van der Waals surface area contributed by atoms with E-state index in [0.717, 1.165) is 33.5 Å². The average Bonchev–Trinajstić information content (AvgIpc) is 3.07. The molecule has 0 atom stereocenters. The van der Waals surface area contributed by atoms with Crippen LogP contribution in [0.4, 0.5) is 0 Å². The monoisotopic (exact) mass is 400 g/mol. The van der Waals surface area contributed by atoms with Crippen molar-refractivity contribution in [2.75, 3.05) is 7.11 Å². The number of aromatic nitrogens is 3. The summed E-state index contributed by atoms with van der Waals surface area (Å²) in [7, 11) is 3.52. The van der Waals surface area contributed by atoms with E-state index in [9.17, 15) is 4.79 Å². The van der Waals surface area contributed by atoms with Gasteiger partial charge in [-0.2, -0.15) is 5.10 Å². The smallest absolute Gasteiger partial charge is 0.252 e. The number of benzene rings is 2. The van der Waals surface area contributed by atoms with Gasteiger partial charge in [-0.05, 0) is 24.1 Å². The van der Waals surface area contributed by atoms with Crippen LogP contribution in [-0.2, 0) is 24.9 Å². The zero-order valence-corrected chi connectivity index (χ0v) is 17.3. The summed E-state index contributed by atoms with van der Waals surface area (Å²) < 4.78 is 6.87. The van der Waals surface area contributed by atoms with E-state index in [1.807, 2.05) is 74.6 Å². The predicted octanol–water partition coefficient (Wildman–Crippen LogP) is 4.02. The first-order valence-corrected chi connectivity index (χ1v) is 9.81. The highest BCUT2D eigenvalue weighted by atomic mass is 16.5. The fourth-order valence-corrected chi connectivity index (χ4v) is 3.58. The van der Waals surface area contributed by atoms with Crippen LogP contribution in [-0.4, -0.2) is 27.8 Å². The van der Waals surface area contributed by atoms with Crippen LogP contribution in [0.2, 0.25) is 0 Å². The molecule has 30 heavy (non-hydrogen) atoms. The van der Waals surface area contributed by atoms with Gasteiger partial charge in [0.25, 0.3) is 5.91 Å². The predicted molar refractivity (Wildman–Crippen MR) is 117 cm³/mol. The quantitative estimate of drug-likeness (QED) is 0.531. The molecule has 0 aliphatic heterocycles. The third kappa shape index (κ3) is 3.95. The van der Waals surface area contributed by atoms with Crippen molar-refractivity contribution in [2.24, 2.45) is 7.05 Å². The van der Waals surface area contributed by atoms with Gasteiger partial charge in [0.15, 0.2) is 5.65 Å². The Morgan fingerprint density at radius 3 is 2.47 bits per heavy atom. The number of hydrogen-bond acceptors (Lipinski definition) is 4. The van der Waals surface area contributed by atoms with Gasteiger partial charge in [0.2, 0.25) is 0 Å². The lowest BCUT2D eigenvalue weighted by molar-refractivity contribution is 0.0952. The van der Waals surface area contributed by atoms with Crippen molar-refractivity contribution in [3.05, 3.63) is 83.0 Å². The Morgan fingerprint density at radius 1 is 1.07 bits per heavy atom. The molecule has 2 aromatic heterocycles. The van der Waals surface area contributed by atoms with Gasteiger partial charge >= 0.3 is 0 Å². The van der Waals surface area contributed by atoms with Crippen LogP contribution in [0.3, 0.4) is 0 Å². The number of methoxy groups -OCH3 is 1. The average molecular weight is 400 g/mol. The third-order valence-corrected chi connectivity index (χ3v) is 5.07. The van der Waals surface area contributed by atoms with Crippen molar-refractivity contribution in [1.29, 1.82) is 0 Å². The van der Waals surface area contributed by atoms with Crippen LogP contribution in [0.1, 0.15) is 27.2 Å². The summed E-state index contributed by atoms with van der Waals surface area (Å²) in [4.78, 5) is 17.9. The van der Waals surface area contributed by atoms with Crippen LogP contribution in [0.15, 0.2) is 60.7 Å². The molecule has 0 unspecified atom stereocenters. The summed E-state index contributed by atoms with van der Waals surface area (Å²) in [6.45, 7) is 2.91. The Kier molecular flexibility index (Phi) is 5.59. The molecule has 0 radical (unpaired) electrons. The summed E-state index contributed by atoms with van der Waals surface area (Å²) in [5.41, 5.74) is 5.90. The largest absolute Gasteiger partial charge is 0.380 e. The number of nitrogens with one attached hydrogen (secondary N) is 1. The first-order chi connectivity index (χ1) is 14.6. The summed E-state index contributed by atoms with van der Waals surface area (Å²) in [6.07, 6.45) is 0. The zero-order chi connectivity index (χ0) is 21.1. The molecule has 4 aromatic rings. The van der Waals surface area contributed by atoms with Crippen molar-refractivity contribution in [3.8, 4) is 11.3 Å². The van der Waals surface area contributed by atoms with E-state index >= 15 is 0 Å². The first-order valence-electron chi connectivity index (χ1n) is 9.81. The summed E-state index contributed by atoms with van der Waals surface area (Å²) in [6, 6.07) is 19.7. The Hall–Kier alpha value is -3.51. The van der Waals surface area contributed by atoms with E-state index in [4.69, 9.17) is 9.72 Å². The van der Waals surface area contributed by atoms with E-state index in [2.05, 4.69) is 10.4 Å². The number of rotatable bonds is 6. The molecule has 0 spiro atoms. The molecule has 0 fully saturated rings. The number of nitrogens with zero attached hydrogens (tertiary/aromatic N) is 3. The Bertz CT molecular complexity index is 1180. The molecule has 0 aliphatic rings. The van der Waals surface area contributed by atoms with Crippen molar-refractivity contribution < 1.29 is 9.53 Å². The maximum absolute atomic E-state index is 13.2. The molecule has 0 aliphatic carbocycles. The number of hydrogen-bond donors (Lipinski definition) is 1. The van der Waals surface area contributed by atoms with Crippen molar-refractivity contribution >= 4 is 16.9 Å². The van der Waals surface area contributed by atoms with Crippen LogP contribution in [0, 0.1) is 6.92 Å². The van der Waals surface area contributed by atoms with Crippen molar-refractivity contribution in [2.45, 2.75) is 20.1 Å². The van der Waals surface area contributed by atoms with Crippen LogP contribution < -0.4 is 5.32 Å². The maximum Gasteiger partial charge on any atom is 0.252 e. The first kappa shape index (κ1) is 19.8. The minimum absolute atomic E-state index is 0.142. The van der Waals surface area contributed by atoms with Gasteiger partial charge < -0.3 is 10.1 Å². The molecule has 1 N–H and O–H groups in total. The number of fused-ring (bicyclic) bond motifs is 1. The van der Waals surface area contributed by atoms with Crippen LogP contribution in [0.25, 0.3) is 22.3 Å². The number of amides is 1. The van der Waals surface area contributed by atoms with E-state index < -0.39 is 0 Å². The molecule has 2 heterocycles. The normalized spacial score (nSPS) is 11.0. The molecule has 2 aromatic carbocycles. The minimum atomic E-state index is -0.142. The van der Waals surface area contributed by atoms with Gasteiger partial charge in [0, 0.05) is 26.3 Å². The van der Waals surface area contributed by atoms with Crippen LogP contribution in [0.5, 0.6) is 0 Å². The third-order valence-electron chi connectivity index (χ3n) is 5.07. The van der Waals surface area contributed by atoms with E-state index in [1.165, 1.54) is 0 Å².